The zero-order valence-corrected chi connectivity index (χ0v) is 19.5. The molecule has 1 amide bonds. The van der Waals surface area contributed by atoms with Gasteiger partial charge in [0.2, 0.25) is 0 Å². The summed E-state index contributed by atoms with van der Waals surface area (Å²) in [5, 5.41) is 13.5. The zero-order chi connectivity index (χ0) is 23.3. The summed E-state index contributed by atoms with van der Waals surface area (Å²) in [6.45, 7) is 5.71. The molecule has 0 spiro atoms. The number of carbonyl (C=O) groups is 1. The van der Waals surface area contributed by atoms with Gasteiger partial charge in [0.25, 0.3) is 5.91 Å². The highest BCUT2D eigenvalue weighted by atomic mass is 35.5. The number of hydrogen-bond donors (Lipinski definition) is 3. The predicted octanol–water partition coefficient (Wildman–Crippen LogP) is 5.26. The molecule has 7 nitrogen and oxygen atoms in total. The van der Waals surface area contributed by atoms with Crippen molar-refractivity contribution < 1.29 is 19.4 Å². The second kappa shape index (κ2) is 10.7. The smallest absolute Gasteiger partial charge is 0.254 e. The van der Waals surface area contributed by atoms with Crippen LogP contribution < -0.4 is 15.8 Å². The molecule has 31 heavy (non-hydrogen) atoms. The van der Waals surface area contributed by atoms with Gasteiger partial charge in [-0.25, -0.2) is 0 Å². The topological polar surface area (TPSA) is 106 Å². The third-order valence-corrected chi connectivity index (χ3v) is 5.70. The molecule has 166 valence electrons. The number of nitrogen functional groups attached to an aromatic ring is 1. The number of amides is 1. The molecule has 2 aromatic rings. The van der Waals surface area contributed by atoms with Gasteiger partial charge in [0.05, 0.1) is 34.1 Å². The number of aliphatic imine (C=N–C) groups is 1. The van der Waals surface area contributed by atoms with Gasteiger partial charge >= 0.3 is 0 Å². The van der Waals surface area contributed by atoms with Crippen molar-refractivity contribution in [2.24, 2.45) is 4.99 Å². The zero-order valence-electron chi connectivity index (χ0n) is 17.2. The molecule has 0 aliphatic heterocycles. The molecule has 0 unspecified atom stereocenters. The second-order valence-corrected chi connectivity index (χ2v) is 7.39. The Kier molecular flexibility index (Phi) is 8.59. The molecule has 0 heterocycles. The van der Waals surface area contributed by atoms with Crippen LogP contribution in [0.4, 0.5) is 11.4 Å². The van der Waals surface area contributed by atoms with E-state index in [1.54, 1.807) is 13.0 Å². The maximum atomic E-state index is 12.7. The lowest BCUT2D eigenvalue weighted by atomic mass is 9.93. The predicted molar refractivity (Wildman–Crippen MR) is 127 cm³/mol. The van der Waals surface area contributed by atoms with E-state index in [1.807, 2.05) is 0 Å². The van der Waals surface area contributed by atoms with Crippen molar-refractivity contribution in [3.05, 3.63) is 39.4 Å². The molecule has 4 N–H and O–H groups in total. The largest absolute Gasteiger partial charge is 0.506 e. The quantitative estimate of drug-likeness (QED) is 0.204. The van der Waals surface area contributed by atoms with Gasteiger partial charge in [-0.1, -0.05) is 40.9 Å². The van der Waals surface area contributed by atoms with Crippen molar-refractivity contribution >= 4 is 63.8 Å². The van der Waals surface area contributed by atoms with E-state index >= 15 is 0 Å². The van der Waals surface area contributed by atoms with Crippen LogP contribution in [0.1, 0.15) is 22.8 Å². The molecule has 2 rings (SSSR count). The van der Waals surface area contributed by atoms with E-state index in [9.17, 15) is 9.90 Å². The number of allylic oxidation sites excluding steroid dienone is 1. The summed E-state index contributed by atoms with van der Waals surface area (Å²) in [7, 11) is 2.99. The summed E-state index contributed by atoms with van der Waals surface area (Å²) in [4.78, 5) is 16.8. The van der Waals surface area contributed by atoms with Crippen LogP contribution in [0.25, 0.3) is 16.2 Å². The maximum absolute atomic E-state index is 12.7. The summed E-state index contributed by atoms with van der Waals surface area (Å²) in [5.74, 6) is -0.686. The Morgan fingerprint density at radius 2 is 1.97 bits per heavy atom. The third kappa shape index (κ3) is 4.91. The summed E-state index contributed by atoms with van der Waals surface area (Å²) in [6.07, 6.45) is 1.64. The molecule has 0 saturated carbocycles. The Balaban J connectivity index is 3.07. The lowest BCUT2D eigenvalue weighted by molar-refractivity contribution is 0.0955. The first-order chi connectivity index (χ1) is 14.7. The summed E-state index contributed by atoms with van der Waals surface area (Å²) >= 11 is 18.7. The SMILES string of the molecule is C=Nc1c(/C(Cl)=C\C)cc(C(=O)NC)c(OCCOC)c1-c1cc(N)c(Cl)c(Cl)c1O. The van der Waals surface area contributed by atoms with Gasteiger partial charge in [0, 0.05) is 30.3 Å². The van der Waals surface area contributed by atoms with Gasteiger partial charge < -0.3 is 25.6 Å². The highest BCUT2D eigenvalue weighted by molar-refractivity contribution is 6.49. The number of phenols is 1. The molecule has 2 aromatic carbocycles. The van der Waals surface area contributed by atoms with Gasteiger partial charge in [-0.15, -0.1) is 0 Å². The number of methoxy groups -OCH3 is 1. The van der Waals surface area contributed by atoms with Crippen molar-refractivity contribution in [3.8, 4) is 22.6 Å². The van der Waals surface area contributed by atoms with E-state index in [2.05, 4.69) is 17.0 Å². The van der Waals surface area contributed by atoms with Crippen molar-refractivity contribution in [1.29, 1.82) is 0 Å². The first kappa shape index (κ1) is 24.8. The molecule has 0 aliphatic carbocycles. The van der Waals surface area contributed by atoms with E-state index in [0.717, 1.165) is 0 Å². The Hall–Kier alpha value is -2.45. The van der Waals surface area contributed by atoms with Crippen LogP contribution in [0.5, 0.6) is 11.5 Å². The fourth-order valence-electron chi connectivity index (χ4n) is 2.91. The lowest BCUT2D eigenvalue weighted by Crippen LogP contribution is -2.20. The number of aromatic hydroxyl groups is 1. The molecule has 0 radical (unpaired) electrons. The number of nitrogens with zero attached hydrogens (tertiary/aromatic N) is 1. The van der Waals surface area contributed by atoms with Gasteiger partial charge in [-0.2, -0.15) is 0 Å². The monoisotopic (exact) mass is 485 g/mol. The van der Waals surface area contributed by atoms with Crippen LogP contribution in [0.2, 0.25) is 10.0 Å². The fraction of sp³-hybridized carbons (Fsp3) is 0.238. The first-order valence-corrected chi connectivity index (χ1v) is 10.2. The van der Waals surface area contributed by atoms with Crippen LogP contribution in [0.3, 0.4) is 0 Å². The Bertz CT molecular complexity index is 1060. The van der Waals surface area contributed by atoms with E-state index < -0.39 is 5.91 Å². The molecular formula is C21H22Cl3N3O4. The van der Waals surface area contributed by atoms with Crippen molar-refractivity contribution in [3.63, 3.8) is 0 Å². The Morgan fingerprint density at radius 3 is 2.52 bits per heavy atom. The number of rotatable bonds is 8. The van der Waals surface area contributed by atoms with E-state index in [4.69, 9.17) is 50.0 Å². The Morgan fingerprint density at radius 1 is 1.29 bits per heavy atom. The van der Waals surface area contributed by atoms with E-state index in [0.29, 0.717) is 10.6 Å². The average molecular weight is 487 g/mol. The molecule has 0 aliphatic rings. The van der Waals surface area contributed by atoms with Crippen LogP contribution in [-0.4, -0.2) is 45.1 Å². The number of hydrogen-bond acceptors (Lipinski definition) is 6. The molecular weight excluding hydrogens is 465 g/mol. The van der Waals surface area contributed by atoms with Gasteiger partial charge in [-0.3, -0.25) is 9.79 Å². The minimum absolute atomic E-state index is 0.00736. The molecule has 0 saturated heterocycles. The van der Waals surface area contributed by atoms with Gasteiger partial charge in [-0.05, 0) is 25.8 Å². The number of ether oxygens (including phenoxy) is 2. The normalized spacial score (nSPS) is 11.4. The van der Waals surface area contributed by atoms with E-state index in [-0.39, 0.29) is 62.8 Å². The minimum Gasteiger partial charge on any atom is -0.506 e. The average Bonchev–Trinajstić information content (AvgIpc) is 2.78. The highest BCUT2D eigenvalue weighted by Gasteiger charge is 2.28. The van der Waals surface area contributed by atoms with Crippen LogP contribution in [0, 0.1) is 0 Å². The molecule has 0 aromatic heterocycles. The summed E-state index contributed by atoms with van der Waals surface area (Å²) in [5.41, 5.74) is 7.29. The van der Waals surface area contributed by atoms with Crippen molar-refractivity contribution in [2.75, 3.05) is 33.1 Å². The first-order valence-electron chi connectivity index (χ1n) is 9.03. The minimum atomic E-state index is -0.446. The summed E-state index contributed by atoms with van der Waals surface area (Å²) < 4.78 is 10.9. The number of nitrogens with two attached hydrogens (primary N) is 1. The molecule has 0 bridgehead atoms. The summed E-state index contributed by atoms with van der Waals surface area (Å²) in [6, 6.07) is 2.95. The van der Waals surface area contributed by atoms with Crippen LogP contribution in [0.15, 0.2) is 23.2 Å². The number of nitrogens with one attached hydrogen (secondary N) is 1. The Labute approximate surface area is 195 Å². The van der Waals surface area contributed by atoms with Crippen molar-refractivity contribution in [1.82, 2.24) is 5.32 Å². The van der Waals surface area contributed by atoms with E-state index in [1.165, 1.54) is 26.3 Å². The number of carbonyl (C=O) groups excluding carboxylic acids is 1. The number of phenolic OH excluding ortho intramolecular Hbond substituents is 1. The number of benzene rings is 2. The molecule has 0 fully saturated rings. The number of halogens is 3. The fourth-order valence-corrected chi connectivity index (χ4v) is 3.41. The second-order valence-electron chi connectivity index (χ2n) is 6.23. The van der Waals surface area contributed by atoms with Crippen LogP contribution >= 0.6 is 34.8 Å². The molecule has 0 atom stereocenters. The van der Waals surface area contributed by atoms with Gasteiger partial charge in [0.15, 0.2) is 0 Å². The van der Waals surface area contributed by atoms with Crippen molar-refractivity contribution in [2.45, 2.75) is 6.92 Å². The van der Waals surface area contributed by atoms with Gasteiger partial charge in [0.1, 0.15) is 23.1 Å². The third-order valence-electron chi connectivity index (χ3n) is 4.41. The van der Waals surface area contributed by atoms with Crippen LogP contribution in [-0.2, 0) is 4.74 Å². The lowest BCUT2D eigenvalue weighted by Gasteiger charge is -2.21. The number of anilines is 1. The molecule has 10 heteroatoms. The standard InChI is InChI=1S/C21H22Cl3N3O4/c1-5-13(22)10-8-12(21(29)27-3)20(31-7-6-30-4)15(18(10)26-2)11-9-14(25)16(23)17(24)19(11)28/h5,8-9,28H,2,6-7,25H2,1,3-4H3,(H,27,29)/b13-5+. The highest BCUT2D eigenvalue weighted by Crippen LogP contribution is 2.52. The maximum Gasteiger partial charge on any atom is 0.254 e.